The first kappa shape index (κ1) is 13.0. The van der Waals surface area contributed by atoms with Gasteiger partial charge in [0.15, 0.2) is 0 Å². The molecule has 1 heterocycles. The third-order valence-corrected chi connectivity index (χ3v) is 2.69. The molecule has 92 valence electrons. The summed E-state index contributed by atoms with van der Waals surface area (Å²) in [5.41, 5.74) is -0.0668. The third kappa shape index (κ3) is 3.52. The predicted molar refractivity (Wildman–Crippen MR) is 52.0 cm³/mol. The summed E-state index contributed by atoms with van der Waals surface area (Å²) in [6.45, 7) is 3.68. The van der Waals surface area contributed by atoms with Gasteiger partial charge in [0.2, 0.25) is 0 Å². The first-order valence-electron chi connectivity index (χ1n) is 5.01. The van der Waals surface area contributed by atoms with Crippen molar-refractivity contribution in [2.75, 3.05) is 19.6 Å². The van der Waals surface area contributed by atoms with Crippen molar-refractivity contribution in [2.45, 2.75) is 19.0 Å². The minimum absolute atomic E-state index is 0.00190. The Morgan fingerprint density at radius 1 is 1.50 bits per heavy atom. The first-order chi connectivity index (χ1) is 7.30. The molecular weight excluding hydrogens is 223 g/mol. The highest BCUT2D eigenvalue weighted by molar-refractivity contribution is 5.86. The first-order valence-corrected chi connectivity index (χ1v) is 5.01. The van der Waals surface area contributed by atoms with E-state index < -0.39 is 18.1 Å². The van der Waals surface area contributed by atoms with Gasteiger partial charge in [0.05, 0.1) is 5.92 Å². The zero-order valence-corrected chi connectivity index (χ0v) is 8.76. The molecule has 3 nitrogen and oxygen atoms in total. The average molecular weight is 237 g/mol. The van der Waals surface area contributed by atoms with Gasteiger partial charge in [0, 0.05) is 18.7 Å². The van der Waals surface area contributed by atoms with Gasteiger partial charge in [-0.25, -0.2) is 4.79 Å². The summed E-state index contributed by atoms with van der Waals surface area (Å²) in [6.07, 6.45) is -3.63. The van der Waals surface area contributed by atoms with E-state index in [1.807, 2.05) is 0 Å². The number of alkyl halides is 3. The lowest BCUT2D eigenvalue weighted by Crippen LogP contribution is -2.42. The normalized spacial score (nSPS) is 23.1. The van der Waals surface area contributed by atoms with Gasteiger partial charge >= 0.3 is 12.1 Å². The van der Waals surface area contributed by atoms with Crippen molar-refractivity contribution >= 4 is 5.97 Å². The van der Waals surface area contributed by atoms with Crippen molar-refractivity contribution in [3.05, 3.63) is 12.2 Å². The summed E-state index contributed by atoms with van der Waals surface area (Å²) in [6, 6.07) is 0. The van der Waals surface area contributed by atoms with Crippen molar-refractivity contribution in [3.8, 4) is 0 Å². The Morgan fingerprint density at radius 2 is 2.12 bits per heavy atom. The molecule has 1 aliphatic rings. The van der Waals surface area contributed by atoms with E-state index in [2.05, 4.69) is 6.58 Å². The molecule has 1 N–H and O–H groups in total. The van der Waals surface area contributed by atoms with E-state index in [1.54, 1.807) is 0 Å². The SMILES string of the molecule is C=C(CN1CCCC(C(F)(F)F)C1)C(=O)O. The molecule has 0 aromatic heterocycles. The molecular formula is C10H14F3NO2. The van der Waals surface area contributed by atoms with E-state index in [0.717, 1.165) is 0 Å². The standard InChI is InChI=1S/C10H14F3NO2/c1-7(9(15)16)5-14-4-2-3-8(6-14)10(11,12)13/h8H,1-6H2,(H,15,16). The molecule has 16 heavy (non-hydrogen) atoms. The lowest BCUT2D eigenvalue weighted by molar-refractivity contribution is -0.186. The quantitative estimate of drug-likeness (QED) is 0.762. The second-order valence-electron chi connectivity index (χ2n) is 4.02. The zero-order chi connectivity index (χ0) is 12.3. The zero-order valence-electron chi connectivity index (χ0n) is 8.76. The van der Waals surface area contributed by atoms with Crippen LogP contribution in [0.3, 0.4) is 0 Å². The molecule has 1 aliphatic heterocycles. The van der Waals surface area contributed by atoms with Crippen LogP contribution in [-0.4, -0.2) is 41.8 Å². The summed E-state index contributed by atoms with van der Waals surface area (Å²) in [7, 11) is 0. The van der Waals surface area contributed by atoms with Crippen LogP contribution in [0, 0.1) is 5.92 Å². The molecule has 0 bridgehead atoms. The van der Waals surface area contributed by atoms with Crippen LogP contribution in [0.4, 0.5) is 13.2 Å². The van der Waals surface area contributed by atoms with Gasteiger partial charge in [-0.2, -0.15) is 13.2 Å². The van der Waals surface area contributed by atoms with E-state index in [9.17, 15) is 18.0 Å². The lowest BCUT2D eigenvalue weighted by atomic mass is 9.97. The number of carbonyl (C=O) groups is 1. The maximum atomic E-state index is 12.4. The maximum absolute atomic E-state index is 12.4. The molecule has 6 heteroatoms. The Hall–Kier alpha value is -1.04. The average Bonchev–Trinajstić information content (AvgIpc) is 2.16. The summed E-state index contributed by atoms with van der Waals surface area (Å²) in [4.78, 5) is 12.0. The van der Waals surface area contributed by atoms with Crippen LogP contribution in [0.1, 0.15) is 12.8 Å². The minimum atomic E-state index is -4.19. The van der Waals surface area contributed by atoms with Gasteiger partial charge in [0.1, 0.15) is 0 Å². The highest BCUT2D eigenvalue weighted by Crippen LogP contribution is 2.33. The fourth-order valence-electron chi connectivity index (χ4n) is 1.80. The largest absolute Gasteiger partial charge is 0.478 e. The number of likely N-dealkylation sites (tertiary alicyclic amines) is 1. The summed E-state index contributed by atoms with van der Waals surface area (Å²) in [5, 5.41) is 8.59. The highest BCUT2D eigenvalue weighted by atomic mass is 19.4. The van der Waals surface area contributed by atoms with Gasteiger partial charge < -0.3 is 5.11 Å². The van der Waals surface area contributed by atoms with Crippen molar-refractivity contribution in [1.82, 2.24) is 4.90 Å². The number of nitrogens with zero attached hydrogens (tertiary/aromatic N) is 1. The topological polar surface area (TPSA) is 40.5 Å². The number of carboxylic acid groups (broad SMARTS) is 1. The molecule has 1 rings (SSSR count). The smallest absolute Gasteiger partial charge is 0.393 e. The Balaban J connectivity index is 2.51. The van der Waals surface area contributed by atoms with Crippen molar-refractivity contribution in [3.63, 3.8) is 0 Å². The predicted octanol–water partition coefficient (Wildman–Crippen LogP) is 1.90. The van der Waals surface area contributed by atoms with Crippen LogP contribution < -0.4 is 0 Å². The number of halogens is 3. The van der Waals surface area contributed by atoms with E-state index in [0.29, 0.717) is 13.0 Å². The maximum Gasteiger partial charge on any atom is 0.393 e. The molecule has 1 atom stereocenters. The van der Waals surface area contributed by atoms with Crippen molar-refractivity contribution < 1.29 is 23.1 Å². The van der Waals surface area contributed by atoms with Crippen molar-refractivity contribution in [2.24, 2.45) is 5.92 Å². The molecule has 0 aliphatic carbocycles. The molecule has 0 aromatic carbocycles. The molecule has 0 aromatic rings. The van der Waals surface area contributed by atoms with Gasteiger partial charge in [-0.3, -0.25) is 4.90 Å². The van der Waals surface area contributed by atoms with E-state index in [4.69, 9.17) is 5.11 Å². The van der Waals surface area contributed by atoms with Crippen molar-refractivity contribution in [1.29, 1.82) is 0 Å². The molecule has 0 amide bonds. The van der Waals surface area contributed by atoms with Crippen LogP contribution in [0.25, 0.3) is 0 Å². The van der Waals surface area contributed by atoms with Crippen LogP contribution >= 0.6 is 0 Å². The highest BCUT2D eigenvalue weighted by Gasteiger charge is 2.41. The molecule has 1 saturated heterocycles. The van der Waals surface area contributed by atoms with Crippen LogP contribution in [0.5, 0.6) is 0 Å². The second kappa shape index (κ2) is 4.86. The third-order valence-electron chi connectivity index (χ3n) is 2.69. The lowest BCUT2D eigenvalue weighted by Gasteiger charge is -2.33. The van der Waals surface area contributed by atoms with E-state index >= 15 is 0 Å². The summed E-state index contributed by atoms with van der Waals surface area (Å²) in [5.74, 6) is -2.50. The Bertz CT molecular complexity index is 288. The van der Waals surface area contributed by atoms with Crippen LogP contribution in [0.15, 0.2) is 12.2 Å². The number of piperidine rings is 1. The number of aliphatic carboxylic acids is 1. The molecule has 1 unspecified atom stereocenters. The minimum Gasteiger partial charge on any atom is -0.478 e. The fraction of sp³-hybridized carbons (Fsp3) is 0.700. The number of rotatable bonds is 3. The monoisotopic (exact) mass is 237 g/mol. The van der Waals surface area contributed by atoms with Gasteiger partial charge in [-0.15, -0.1) is 0 Å². The second-order valence-corrected chi connectivity index (χ2v) is 4.02. The Labute approximate surface area is 91.5 Å². The van der Waals surface area contributed by atoms with Gasteiger partial charge in [-0.1, -0.05) is 6.58 Å². The van der Waals surface area contributed by atoms with E-state index in [-0.39, 0.29) is 25.1 Å². The molecule has 1 fully saturated rings. The summed E-state index contributed by atoms with van der Waals surface area (Å²) < 4.78 is 37.3. The van der Waals surface area contributed by atoms with Gasteiger partial charge in [0.25, 0.3) is 0 Å². The Morgan fingerprint density at radius 3 is 2.62 bits per heavy atom. The van der Waals surface area contributed by atoms with Crippen LogP contribution in [0.2, 0.25) is 0 Å². The van der Waals surface area contributed by atoms with Gasteiger partial charge in [-0.05, 0) is 19.4 Å². The van der Waals surface area contributed by atoms with E-state index in [1.165, 1.54) is 4.90 Å². The fourth-order valence-corrected chi connectivity index (χ4v) is 1.80. The number of hydrogen-bond donors (Lipinski definition) is 1. The van der Waals surface area contributed by atoms with Crippen LogP contribution in [-0.2, 0) is 4.79 Å². The molecule has 0 radical (unpaired) electrons. The molecule has 0 spiro atoms. The Kier molecular flexibility index (Phi) is 3.96. The molecule has 0 saturated carbocycles. The number of hydrogen-bond acceptors (Lipinski definition) is 2. The summed E-state index contributed by atoms with van der Waals surface area (Å²) >= 11 is 0. The number of carboxylic acids is 1.